The zero-order valence-corrected chi connectivity index (χ0v) is 18.7. The van der Waals surface area contributed by atoms with Crippen molar-refractivity contribution in [1.29, 1.82) is 0 Å². The summed E-state index contributed by atoms with van der Waals surface area (Å²) in [7, 11) is 0. The summed E-state index contributed by atoms with van der Waals surface area (Å²) in [5.41, 5.74) is 2.33. The van der Waals surface area contributed by atoms with Crippen molar-refractivity contribution in [3.05, 3.63) is 64.7 Å². The first-order chi connectivity index (χ1) is 16.1. The highest BCUT2D eigenvalue weighted by Crippen LogP contribution is 2.20. The average Bonchev–Trinajstić information content (AvgIpc) is 2.84. The zero-order valence-electron chi connectivity index (χ0n) is 18.7. The van der Waals surface area contributed by atoms with Gasteiger partial charge in [-0.1, -0.05) is 29.8 Å². The molecule has 1 aromatic carbocycles. The van der Waals surface area contributed by atoms with Crippen LogP contribution in [0.4, 0.5) is 5.82 Å². The number of carbonyl (C=O) groups is 1. The predicted octanol–water partition coefficient (Wildman–Crippen LogP) is 2.19. The van der Waals surface area contributed by atoms with Crippen molar-refractivity contribution in [1.82, 2.24) is 25.1 Å². The molecule has 0 saturated carbocycles. The molecule has 0 atom stereocenters. The first kappa shape index (κ1) is 22.4. The molecular weight excluding hydrogens is 420 g/mol. The minimum absolute atomic E-state index is 0.162. The van der Waals surface area contributed by atoms with Gasteiger partial charge in [-0.25, -0.2) is 14.6 Å². The second-order valence-electron chi connectivity index (χ2n) is 8.04. The molecule has 4 rings (SSSR count). The lowest BCUT2D eigenvalue weighted by atomic mass is 10.1. The van der Waals surface area contributed by atoms with Crippen LogP contribution < -0.4 is 20.5 Å². The first-order valence-corrected chi connectivity index (χ1v) is 11.2. The van der Waals surface area contributed by atoms with Gasteiger partial charge in [0.15, 0.2) is 0 Å². The third-order valence-corrected chi connectivity index (χ3v) is 5.49. The number of aryl methyl sites for hydroxylation is 1. The fraction of sp³-hybridized carbons (Fsp3) is 0.375. The van der Waals surface area contributed by atoms with E-state index in [1.54, 1.807) is 6.07 Å². The van der Waals surface area contributed by atoms with E-state index in [2.05, 4.69) is 25.3 Å². The number of carbonyl (C=O) groups excluding carboxylic acids is 1. The Bertz CT molecular complexity index is 1140. The van der Waals surface area contributed by atoms with Crippen LogP contribution in [-0.4, -0.2) is 51.9 Å². The summed E-state index contributed by atoms with van der Waals surface area (Å²) < 4.78 is 6.84. The Morgan fingerprint density at radius 1 is 1.06 bits per heavy atom. The molecule has 9 heteroatoms. The van der Waals surface area contributed by atoms with E-state index in [1.807, 2.05) is 37.3 Å². The molecule has 1 N–H and O–H groups in total. The predicted molar refractivity (Wildman–Crippen MR) is 125 cm³/mol. The van der Waals surface area contributed by atoms with Gasteiger partial charge >= 0.3 is 0 Å². The molecule has 0 bridgehead atoms. The Balaban J connectivity index is 1.27. The van der Waals surface area contributed by atoms with Gasteiger partial charge in [0.1, 0.15) is 25.3 Å². The van der Waals surface area contributed by atoms with Gasteiger partial charge < -0.3 is 15.0 Å². The molecule has 0 unspecified atom stereocenters. The maximum atomic E-state index is 12.3. The van der Waals surface area contributed by atoms with Gasteiger partial charge in [0.25, 0.3) is 5.56 Å². The number of nitrogens with one attached hydrogen (secondary N) is 1. The van der Waals surface area contributed by atoms with Crippen LogP contribution in [-0.2, 0) is 11.3 Å². The number of benzene rings is 1. The van der Waals surface area contributed by atoms with Crippen LogP contribution in [0.15, 0.2) is 53.6 Å². The molecule has 1 amide bonds. The lowest BCUT2D eigenvalue weighted by Crippen LogP contribution is -2.35. The Kier molecular flexibility index (Phi) is 7.29. The largest absolute Gasteiger partial charge is 0.476 e. The molecule has 1 aliphatic rings. The Hall–Kier alpha value is -3.75. The van der Waals surface area contributed by atoms with E-state index in [9.17, 15) is 9.59 Å². The second kappa shape index (κ2) is 10.7. The Morgan fingerprint density at radius 3 is 2.64 bits per heavy atom. The van der Waals surface area contributed by atoms with Crippen molar-refractivity contribution in [3.63, 3.8) is 0 Å². The zero-order chi connectivity index (χ0) is 23.0. The smallest absolute Gasteiger partial charge is 0.267 e. The Labute approximate surface area is 192 Å². The van der Waals surface area contributed by atoms with Crippen molar-refractivity contribution >= 4 is 11.7 Å². The van der Waals surface area contributed by atoms with E-state index < -0.39 is 0 Å². The van der Waals surface area contributed by atoms with Gasteiger partial charge in [0.2, 0.25) is 11.8 Å². The minimum Gasteiger partial charge on any atom is -0.476 e. The van der Waals surface area contributed by atoms with Gasteiger partial charge in [-0.05, 0) is 32.3 Å². The molecule has 0 spiro atoms. The number of hydrogen-bond donors (Lipinski definition) is 1. The van der Waals surface area contributed by atoms with Crippen molar-refractivity contribution < 1.29 is 9.53 Å². The van der Waals surface area contributed by atoms with Gasteiger partial charge in [-0.3, -0.25) is 9.59 Å². The highest BCUT2D eigenvalue weighted by atomic mass is 16.5. The van der Waals surface area contributed by atoms with Crippen LogP contribution in [0.2, 0.25) is 0 Å². The maximum Gasteiger partial charge on any atom is 0.267 e. The minimum atomic E-state index is -0.330. The number of piperidine rings is 1. The molecule has 172 valence electrons. The molecule has 3 heterocycles. The summed E-state index contributed by atoms with van der Waals surface area (Å²) >= 11 is 0. The summed E-state index contributed by atoms with van der Waals surface area (Å²) in [6, 6.07) is 12.7. The van der Waals surface area contributed by atoms with Crippen molar-refractivity contribution in [2.24, 2.45) is 0 Å². The SMILES string of the molecule is Cc1ccc(-c2ccc(=O)n(CC(=O)NCCOc3cc(N4CCCCC4)ncn3)n2)cc1. The van der Waals surface area contributed by atoms with Crippen LogP contribution in [0.3, 0.4) is 0 Å². The molecule has 0 aliphatic carbocycles. The molecule has 3 aromatic rings. The van der Waals surface area contributed by atoms with Gasteiger partial charge in [0, 0.05) is 30.8 Å². The summed E-state index contributed by atoms with van der Waals surface area (Å²) in [5.74, 6) is 1.03. The second-order valence-corrected chi connectivity index (χ2v) is 8.04. The summed E-state index contributed by atoms with van der Waals surface area (Å²) in [4.78, 5) is 35.2. The van der Waals surface area contributed by atoms with Crippen molar-refractivity contribution in [2.75, 3.05) is 31.1 Å². The summed E-state index contributed by atoms with van der Waals surface area (Å²) in [5, 5.41) is 7.09. The fourth-order valence-corrected chi connectivity index (χ4v) is 3.68. The van der Waals surface area contributed by atoms with E-state index >= 15 is 0 Å². The number of rotatable bonds is 8. The number of anilines is 1. The lowest BCUT2D eigenvalue weighted by Gasteiger charge is -2.27. The highest BCUT2D eigenvalue weighted by Gasteiger charge is 2.13. The van der Waals surface area contributed by atoms with E-state index in [0.717, 1.165) is 42.9 Å². The van der Waals surface area contributed by atoms with E-state index in [1.165, 1.54) is 23.5 Å². The Morgan fingerprint density at radius 2 is 1.85 bits per heavy atom. The van der Waals surface area contributed by atoms with Crippen LogP contribution in [0.25, 0.3) is 11.3 Å². The molecule has 2 aromatic heterocycles. The number of amides is 1. The molecule has 1 fully saturated rings. The summed E-state index contributed by atoms with van der Waals surface area (Å²) in [6.45, 7) is 4.37. The summed E-state index contributed by atoms with van der Waals surface area (Å²) in [6.07, 6.45) is 5.08. The van der Waals surface area contributed by atoms with Crippen molar-refractivity contribution in [3.8, 4) is 17.1 Å². The average molecular weight is 449 g/mol. The highest BCUT2D eigenvalue weighted by molar-refractivity contribution is 5.75. The quantitative estimate of drug-likeness (QED) is 0.527. The van der Waals surface area contributed by atoms with E-state index in [-0.39, 0.29) is 31.2 Å². The third-order valence-electron chi connectivity index (χ3n) is 5.49. The topological polar surface area (TPSA) is 102 Å². The van der Waals surface area contributed by atoms with Crippen LogP contribution in [0.5, 0.6) is 5.88 Å². The van der Waals surface area contributed by atoms with Gasteiger partial charge in [-0.2, -0.15) is 5.10 Å². The molecular formula is C24H28N6O3. The number of ether oxygens (including phenoxy) is 1. The number of aromatic nitrogens is 4. The van der Waals surface area contributed by atoms with Crippen LogP contribution >= 0.6 is 0 Å². The van der Waals surface area contributed by atoms with Crippen LogP contribution in [0, 0.1) is 6.92 Å². The molecule has 1 saturated heterocycles. The molecule has 0 radical (unpaired) electrons. The molecule has 33 heavy (non-hydrogen) atoms. The van der Waals surface area contributed by atoms with Crippen molar-refractivity contribution in [2.45, 2.75) is 32.7 Å². The number of hydrogen-bond acceptors (Lipinski definition) is 7. The molecule has 9 nitrogen and oxygen atoms in total. The molecule has 1 aliphatic heterocycles. The van der Waals surface area contributed by atoms with Crippen LogP contribution in [0.1, 0.15) is 24.8 Å². The van der Waals surface area contributed by atoms with Gasteiger partial charge in [0.05, 0.1) is 12.2 Å². The van der Waals surface area contributed by atoms with E-state index in [4.69, 9.17) is 4.74 Å². The lowest BCUT2D eigenvalue weighted by molar-refractivity contribution is -0.122. The number of nitrogens with zero attached hydrogens (tertiary/aromatic N) is 5. The standard InChI is InChI=1S/C24H28N6O3/c1-18-5-7-19(8-6-18)20-9-10-24(32)30(28-20)16-22(31)25-11-14-33-23-15-21(26-17-27-23)29-12-3-2-4-13-29/h5-10,15,17H,2-4,11-14,16H2,1H3,(H,25,31). The fourth-order valence-electron chi connectivity index (χ4n) is 3.68. The van der Waals surface area contributed by atoms with Gasteiger partial charge in [-0.15, -0.1) is 0 Å². The first-order valence-electron chi connectivity index (χ1n) is 11.2. The third kappa shape index (κ3) is 6.15. The maximum absolute atomic E-state index is 12.3. The normalized spacial score (nSPS) is 13.5. The monoisotopic (exact) mass is 448 g/mol. The van der Waals surface area contributed by atoms with E-state index in [0.29, 0.717) is 11.6 Å².